The van der Waals surface area contributed by atoms with E-state index in [1.165, 1.54) is 25.5 Å². The van der Waals surface area contributed by atoms with Gasteiger partial charge < -0.3 is 9.47 Å². The highest BCUT2D eigenvalue weighted by Gasteiger charge is 2.13. The van der Waals surface area contributed by atoms with Crippen LogP contribution in [0.2, 0.25) is 5.02 Å². The van der Waals surface area contributed by atoms with E-state index in [2.05, 4.69) is 33.1 Å². The number of ether oxygens (including phenoxy) is 2. The molecule has 0 aromatic heterocycles. The van der Waals surface area contributed by atoms with Gasteiger partial charge in [0.05, 0.1) is 32.4 Å². The highest BCUT2D eigenvalue weighted by atomic mass is 127. The molecule has 0 unspecified atom stereocenters. The van der Waals surface area contributed by atoms with Gasteiger partial charge in [0.15, 0.2) is 11.5 Å². The lowest BCUT2D eigenvalue weighted by Crippen LogP contribution is -2.17. The summed E-state index contributed by atoms with van der Waals surface area (Å²) < 4.78 is 12.1. The Morgan fingerprint density at radius 2 is 1.94 bits per heavy atom. The number of hydrogen-bond donors (Lipinski definition) is 1. The first-order valence-corrected chi connectivity index (χ1v) is 10.7. The molecule has 0 spiro atoms. The van der Waals surface area contributed by atoms with Gasteiger partial charge in [0.2, 0.25) is 0 Å². The van der Waals surface area contributed by atoms with Crippen LogP contribution in [0.3, 0.4) is 0 Å². The van der Waals surface area contributed by atoms with Crippen LogP contribution in [-0.4, -0.2) is 24.2 Å². The smallest absolute Gasteiger partial charge is 0.272 e. The van der Waals surface area contributed by atoms with Crippen molar-refractivity contribution in [1.82, 2.24) is 5.43 Å². The van der Waals surface area contributed by atoms with E-state index in [0.717, 1.165) is 9.13 Å². The first-order valence-electron chi connectivity index (χ1n) is 9.20. The van der Waals surface area contributed by atoms with E-state index in [4.69, 9.17) is 21.1 Å². The van der Waals surface area contributed by atoms with Gasteiger partial charge in [-0.2, -0.15) is 5.10 Å². The number of carbonyl (C=O) groups excluding carboxylic acids is 1. The van der Waals surface area contributed by atoms with E-state index in [1.807, 2.05) is 6.07 Å². The molecule has 0 saturated carbocycles. The van der Waals surface area contributed by atoms with Crippen LogP contribution >= 0.6 is 34.2 Å². The fraction of sp³-hybridized carbons (Fsp3) is 0.0909. The van der Waals surface area contributed by atoms with Crippen molar-refractivity contribution in [2.75, 3.05) is 7.11 Å². The molecule has 0 fully saturated rings. The van der Waals surface area contributed by atoms with Gasteiger partial charge in [-0.25, -0.2) is 5.43 Å². The number of nitro benzene ring substituents is 1. The molecule has 0 aliphatic rings. The topological polar surface area (TPSA) is 103 Å². The van der Waals surface area contributed by atoms with E-state index in [1.54, 1.807) is 42.5 Å². The quantitative estimate of drug-likeness (QED) is 0.175. The van der Waals surface area contributed by atoms with E-state index in [-0.39, 0.29) is 12.3 Å². The van der Waals surface area contributed by atoms with Crippen LogP contribution < -0.4 is 14.9 Å². The van der Waals surface area contributed by atoms with E-state index < -0.39 is 10.8 Å². The average Bonchev–Trinajstić information content (AvgIpc) is 2.78. The van der Waals surface area contributed by atoms with Crippen LogP contribution in [0, 0.1) is 13.7 Å². The molecule has 0 aliphatic carbocycles. The van der Waals surface area contributed by atoms with Crippen LogP contribution in [-0.2, 0) is 6.61 Å². The number of nitro groups is 1. The molecule has 3 rings (SSSR count). The maximum atomic E-state index is 12.2. The summed E-state index contributed by atoms with van der Waals surface area (Å²) in [5.74, 6) is 0.595. The summed E-state index contributed by atoms with van der Waals surface area (Å²) in [4.78, 5) is 22.5. The maximum absolute atomic E-state index is 12.2. The number of amides is 1. The number of hydrogen-bond acceptors (Lipinski definition) is 6. The van der Waals surface area contributed by atoms with Gasteiger partial charge >= 0.3 is 0 Å². The molecular formula is C22H17ClIN3O5. The van der Waals surface area contributed by atoms with Crippen molar-refractivity contribution in [3.8, 4) is 11.5 Å². The van der Waals surface area contributed by atoms with Crippen LogP contribution in [0.1, 0.15) is 21.5 Å². The van der Waals surface area contributed by atoms with Crippen LogP contribution in [0.4, 0.5) is 5.69 Å². The second-order valence-corrected chi connectivity index (χ2v) is 7.99. The summed E-state index contributed by atoms with van der Waals surface area (Å²) in [6.07, 6.45) is 1.49. The van der Waals surface area contributed by atoms with E-state index in [0.29, 0.717) is 27.6 Å². The monoisotopic (exact) mass is 565 g/mol. The lowest BCUT2D eigenvalue weighted by atomic mass is 10.2. The molecule has 1 N–H and O–H groups in total. The number of non-ortho nitro benzene ring substituents is 1. The molecule has 0 heterocycles. The number of halogens is 2. The molecule has 0 atom stereocenters. The number of nitrogens with zero attached hydrogens (tertiary/aromatic N) is 2. The molecule has 3 aromatic rings. The van der Waals surface area contributed by atoms with Gasteiger partial charge in [0.25, 0.3) is 11.6 Å². The van der Waals surface area contributed by atoms with Crippen LogP contribution in [0.15, 0.2) is 65.8 Å². The molecule has 0 bridgehead atoms. The predicted octanol–water partition coefficient (Wildman–Crippen LogP) is 5.20. The molecule has 164 valence electrons. The zero-order valence-corrected chi connectivity index (χ0v) is 19.7. The Balaban J connectivity index is 1.69. The number of rotatable bonds is 8. The molecule has 0 radical (unpaired) electrons. The van der Waals surface area contributed by atoms with Gasteiger partial charge in [0, 0.05) is 12.1 Å². The van der Waals surface area contributed by atoms with E-state index >= 15 is 0 Å². The third-order valence-electron chi connectivity index (χ3n) is 4.28. The number of carbonyl (C=O) groups is 1. The van der Waals surface area contributed by atoms with E-state index in [9.17, 15) is 14.9 Å². The standard InChI is InChI=1S/C22H17ClIN3O5/c1-31-20-11-15(12-25-26-22(28)17-4-2-3-5-18(17)23)10-19(24)21(20)32-13-14-6-8-16(9-7-14)27(29)30/h2-12H,13H2,1H3,(H,26,28)/b25-12-. The highest BCUT2D eigenvalue weighted by molar-refractivity contribution is 14.1. The van der Waals surface area contributed by atoms with Crippen molar-refractivity contribution >= 4 is 52.0 Å². The van der Waals surface area contributed by atoms with Gasteiger partial charge in [-0.15, -0.1) is 0 Å². The number of benzene rings is 3. The lowest BCUT2D eigenvalue weighted by Gasteiger charge is -2.13. The van der Waals surface area contributed by atoms with Crippen molar-refractivity contribution < 1.29 is 19.2 Å². The molecule has 0 saturated heterocycles. The largest absolute Gasteiger partial charge is 0.493 e. The summed E-state index contributed by atoms with van der Waals surface area (Å²) >= 11 is 8.12. The van der Waals surface area contributed by atoms with Crippen molar-refractivity contribution in [3.63, 3.8) is 0 Å². The first kappa shape index (κ1) is 23.5. The molecule has 32 heavy (non-hydrogen) atoms. The maximum Gasteiger partial charge on any atom is 0.272 e. The zero-order valence-electron chi connectivity index (χ0n) is 16.7. The lowest BCUT2D eigenvalue weighted by molar-refractivity contribution is -0.384. The van der Waals surface area contributed by atoms with Gasteiger partial charge in [-0.1, -0.05) is 23.7 Å². The Labute approximate surface area is 202 Å². The molecular weight excluding hydrogens is 549 g/mol. The average molecular weight is 566 g/mol. The van der Waals surface area contributed by atoms with Crippen molar-refractivity contribution in [3.05, 3.63) is 96.1 Å². The second kappa shape index (κ2) is 10.9. The SMILES string of the molecule is COc1cc(/C=N\NC(=O)c2ccccc2Cl)cc(I)c1OCc1ccc([N+](=O)[O-])cc1. The summed E-state index contributed by atoms with van der Waals surface area (Å²) in [5.41, 5.74) is 4.26. The normalized spacial score (nSPS) is 10.7. The van der Waals surface area contributed by atoms with Gasteiger partial charge in [0.1, 0.15) is 6.61 Å². The zero-order chi connectivity index (χ0) is 23.1. The van der Waals surface area contributed by atoms with Crippen molar-refractivity contribution in [2.24, 2.45) is 5.10 Å². The fourth-order valence-corrected chi connectivity index (χ4v) is 3.70. The summed E-state index contributed by atoms with van der Waals surface area (Å²) in [5, 5.41) is 15.1. The minimum atomic E-state index is -0.451. The van der Waals surface area contributed by atoms with Gasteiger partial charge in [-0.05, 0) is 70.1 Å². The van der Waals surface area contributed by atoms with Crippen molar-refractivity contribution in [2.45, 2.75) is 6.61 Å². The molecule has 10 heteroatoms. The molecule has 0 aliphatic heterocycles. The Hall–Kier alpha value is -3.18. The van der Waals surface area contributed by atoms with Crippen LogP contribution in [0.5, 0.6) is 11.5 Å². The Morgan fingerprint density at radius 3 is 2.59 bits per heavy atom. The predicted molar refractivity (Wildman–Crippen MR) is 130 cm³/mol. The summed E-state index contributed by atoms with van der Waals surface area (Å²) in [6.45, 7) is 0.214. The molecule has 8 nitrogen and oxygen atoms in total. The van der Waals surface area contributed by atoms with Crippen molar-refractivity contribution in [1.29, 1.82) is 0 Å². The Kier molecular flexibility index (Phi) is 8.01. The number of methoxy groups -OCH3 is 1. The third-order valence-corrected chi connectivity index (χ3v) is 5.41. The fourth-order valence-electron chi connectivity index (χ4n) is 2.69. The summed E-state index contributed by atoms with van der Waals surface area (Å²) in [6, 6.07) is 16.4. The Bertz CT molecular complexity index is 1170. The second-order valence-electron chi connectivity index (χ2n) is 6.43. The number of hydrazone groups is 1. The number of nitrogens with one attached hydrogen (secondary N) is 1. The summed E-state index contributed by atoms with van der Waals surface area (Å²) in [7, 11) is 1.52. The van der Waals surface area contributed by atoms with Gasteiger partial charge in [-0.3, -0.25) is 14.9 Å². The first-order chi connectivity index (χ1) is 15.4. The minimum Gasteiger partial charge on any atom is -0.493 e. The molecule has 1 amide bonds. The van der Waals surface area contributed by atoms with Crippen LogP contribution in [0.25, 0.3) is 0 Å². The minimum absolute atomic E-state index is 0.0196. The highest BCUT2D eigenvalue weighted by Crippen LogP contribution is 2.34. The molecule has 3 aromatic carbocycles. The third kappa shape index (κ3) is 5.95. The Morgan fingerprint density at radius 1 is 1.22 bits per heavy atom.